The van der Waals surface area contributed by atoms with E-state index in [9.17, 15) is 4.79 Å². The Balaban J connectivity index is 1.78. The zero-order valence-corrected chi connectivity index (χ0v) is 9.38. The van der Waals surface area contributed by atoms with Gasteiger partial charge in [0.15, 0.2) is 0 Å². The molecule has 1 saturated carbocycles. The van der Waals surface area contributed by atoms with Crippen molar-refractivity contribution in [3.05, 3.63) is 16.1 Å². The zero-order valence-electron chi connectivity index (χ0n) is 8.56. The van der Waals surface area contributed by atoms with Crippen molar-refractivity contribution in [2.24, 2.45) is 5.92 Å². The van der Waals surface area contributed by atoms with E-state index in [1.165, 1.54) is 11.3 Å². The smallest absolute Gasteiger partial charge is 0.270 e. The maximum Gasteiger partial charge on any atom is 0.270 e. The molecule has 0 aliphatic heterocycles. The molecule has 1 aromatic heterocycles. The minimum atomic E-state index is -0.159. The highest BCUT2D eigenvalue weighted by Crippen LogP contribution is 2.26. The van der Waals surface area contributed by atoms with Crippen molar-refractivity contribution < 1.29 is 9.90 Å². The van der Waals surface area contributed by atoms with E-state index in [1.807, 2.05) is 6.92 Å². The molecule has 2 rings (SSSR count). The lowest BCUT2D eigenvalue weighted by molar-refractivity contribution is 0.0420. The fourth-order valence-electron chi connectivity index (χ4n) is 1.66. The maximum absolute atomic E-state index is 11.6. The van der Waals surface area contributed by atoms with Gasteiger partial charge in [-0.1, -0.05) is 0 Å². The van der Waals surface area contributed by atoms with Crippen LogP contribution in [-0.4, -0.2) is 28.6 Å². The number of aliphatic hydroxyl groups is 1. The number of amides is 1. The Hall–Kier alpha value is -0.940. The van der Waals surface area contributed by atoms with Crippen LogP contribution in [0, 0.1) is 12.8 Å². The van der Waals surface area contributed by atoms with E-state index >= 15 is 0 Å². The first-order valence-corrected chi connectivity index (χ1v) is 5.91. The summed E-state index contributed by atoms with van der Waals surface area (Å²) in [5.41, 5.74) is 0.498. The number of nitrogens with zero attached hydrogens (tertiary/aromatic N) is 1. The summed E-state index contributed by atoms with van der Waals surface area (Å²) >= 11 is 1.48. The van der Waals surface area contributed by atoms with Gasteiger partial charge in [0.25, 0.3) is 5.91 Å². The molecule has 0 unspecified atom stereocenters. The van der Waals surface area contributed by atoms with Crippen LogP contribution >= 0.6 is 11.3 Å². The number of thiazole rings is 1. The molecule has 1 amide bonds. The second-order valence-electron chi connectivity index (χ2n) is 3.95. The van der Waals surface area contributed by atoms with Gasteiger partial charge in [0.1, 0.15) is 5.69 Å². The molecule has 0 radical (unpaired) electrons. The van der Waals surface area contributed by atoms with Gasteiger partial charge < -0.3 is 10.4 Å². The van der Waals surface area contributed by atoms with Crippen LogP contribution in [0.5, 0.6) is 0 Å². The lowest BCUT2D eigenvalue weighted by Gasteiger charge is -2.31. The molecular formula is C10H14N2O2S. The highest BCUT2D eigenvalue weighted by Gasteiger charge is 2.27. The summed E-state index contributed by atoms with van der Waals surface area (Å²) in [5, 5.41) is 14.6. The van der Waals surface area contributed by atoms with Crippen LogP contribution in [0.4, 0.5) is 0 Å². The van der Waals surface area contributed by atoms with E-state index in [-0.39, 0.29) is 12.0 Å². The summed E-state index contributed by atoms with van der Waals surface area (Å²) in [7, 11) is 0. The van der Waals surface area contributed by atoms with Gasteiger partial charge in [0.2, 0.25) is 0 Å². The van der Waals surface area contributed by atoms with E-state index in [4.69, 9.17) is 5.11 Å². The topological polar surface area (TPSA) is 62.2 Å². The van der Waals surface area contributed by atoms with Gasteiger partial charge in [0, 0.05) is 11.9 Å². The van der Waals surface area contributed by atoms with Crippen LogP contribution in [0.3, 0.4) is 0 Å². The lowest BCUT2D eigenvalue weighted by Crippen LogP contribution is -2.38. The highest BCUT2D eigenvalue weighted by molar-refractivity contribution is 7.09. The third-order valence-electron chi connectivity index (χ3n) is 2.61. The molecule has 5 heteroatoms. The summed E-state index contributed by atoms with van der Waals surface area (Å²) in [6.45, 7) is 2.52. The zero-order chi connectivity index (χ0) is 10.8. The Morgan fingerprint density at radius 2 is 2.47 bits per heavy atom. The fourth-order valence-corrected chi connectivity index (χ4v) is 2.26. The molecule has 82 valence electrons. The third-order valence-corrected chi connectivity index (χ3v) is 3.39. The molecule has 1 aliphatic carbocycles. The standard InChI is InChI=1S/C10H14N2O2S/c1-6-12-9(5-15-6)10(14)11-4-7-2-8(13)3-7/h5,7-8,13H,2-4H2,1H3,(H,11,14). The largest absolute Gasteiger partial charge is 0.393 e. The summed E-state index contributed by atoms with van der Waals surface area (Å²) < 4.78 is 0. The molecule has 1 aromatic rings. The van der Waals surface area contributed by atoms with Gasteiger partial charge in [-0.05, 0) is 25.7 Å². The number of hydrogen-bond acceptors (Lipinski definition) is 4. The van der Waals surface area contributed by atoms with Crippen LogP contribution in [0.15, 0.2) is 5.38 Å². The van der Waals surface area contributed by atoms with Crippen molar-refractivity contribution in [3.8, 4) is 0 Å². The van der Waals surface area contributed by atoms with E-state index in [1.54, 1.807) is 5.38 Å². The highest BCUT2D eigenvalue weighted by atomic mass is 32.1. The van der Waals surface area contributed by atoms with E-state index in [2.05, 4.69) is 10.3 Å². The van der Waals surface area contributed by atoms with Crippen LogP contribution < -0.4 is 5.32 Å². The predicted octanol–water partition coefficient (Wildman–Crippen LogP) is 0.952. The number of rotatable bonds is 3. The molecule has 4 nitrogen and oxygen atoms in total. The van der Waals surface area contributed by atoms with Crippen molar-refractivity contribution in [2.75, 3.05) is 6.54 Å². The molecule has 2 N–H and O–H groups in total. The Kier molecular flexibility index (Phi) is 3.02. The first-order chi connectivity index (χ1) is 7.15. The number of carbonyl (C=O) groups excluding carboxylic acids is 1. The molecule has 15 heavy (non-hydrogen) atoms. The molecule has 0 saturated heterocycles. The minimum absolute atomic E-state index is 0.110. The predicted molar refractivity (Wildman–Crippen MR) is 57.9 cm³/mol. The number of aromatic nitrogens is 1. The van der Waals surface area contributed by atoms with Crippen LogP contribution in [0.25, 0.3) is 0 Å². The van der Waals surface area contributed by atoms with Crippen molar-refractivity contribution in [2.45, 2.75) is 25.9 Å². The van der Waals surface area contributed by atoms with Gasteiger partial charge >= 0.3 is 0 Å². The molecule has 0 spiro atoms. The summed E-state index contributed by atoms with van der Waals surface area (Å²) in [4.78, 5) is 15.7. The number of carbonyl (C=O) groups is 1. The molecule has 0 bridgehead atoms. The third kappa shape index (κ3) is 2.54. The number of hydrogen-bond donors (Lipinski definition) is 2. The monoisotopic (exact) mass is 226 g/mol. The Morgan fingerprint density at radius 1 is 1.73 bits per heavy atom. The Labute approximate surface area is 92.3 Å². The molecular weight excluding hydrogens is 212 g/mol. The fraction of sp³-hybridized carbons (Fsp3) is 0.600. The van der Waals surface area contributed by atoms with E-state index < -0.39 is 0 Å². The first kappa shape index (κ1) is 10.6. The second-order valence-corrected chi connectivity index (χ2v) is 5.02. The average molecular weight is 226 g/mol. The molecule has 1 fully saturated rings. The lowest BCUT2D eigenvalue weighted by atomic mass is 9.82. The van der Waals surface area contributed by atoms with E-state index in [0.29, 0.717) is 18.2 Å². The van der Waals surface area contributed by atoms with Crippen molar-refractivity contribution in [3.63, 3.8) is 0 Å². The van der Waals surface area contributed by atoms with Crippen LogP contribution in [-0.2, 0) is 0 Å². The van der Waals surface area contributed by atoms with Crippen LogP contribution in [0.1, 0.15) is 28.3 Å². The van der Waals surface area contributed by atoms with Crippen molar-refractivity contribution >= 4 is 17.2 Å². The van der Waals surface area contributed by atoms with Crippen LogP contribution in [0.2, 0.25) is 0 Å². The maximum atomic E-state index is 11.6. The minimum Gasteiger partial charge on any atom is -0.393 e. The van der Waals surface area contributed by atoms with Crippen molar-refractivity contribution in [1.82, 2.24) is 10.3 Å². The number of aliphatic hydroxyl groups excluding tert-OH is 1. The number of nitrogens with one attached hydrogen (secondary N) is 1. The average Bonchev–Trinajstić information content (AvgIpc) is 2.57. The van der Waals surface area contributed by atoms with Crippen molar-refractivity contribution in [1.29, 1.82) is 0 Å². The van der Waals surface area contributed by atoms with Gasteiger partial charge in [0.05, 0.1) is 11.1 Å². The first-order valence-electron chi connectivity index (χ1n) is 5.03. The SMILES string of the molecule is Cc1nc(C(=O)NCC2CC(O)C2)cs1. The molecule has 1 heterocycles. The summed E-state index contributed by atoms with van der Waals surface area (Å²) in [6.07, 6.45) is 1.45. The Morgan fingerprint density at radius 3 is 3.00 bits per heavy atom. The molecule has 0 atom stereocenters. The Bertz CT molecular complexity index is 358. The quantitative estimate of drug-likeness (QED) is 0.806. The normalized spacial score (nSPS) is 24.7. The van der Waals surface area contributed by atoms with Gasteiger partial charge in [-0.15, -0.1) is 11.3 Å². The summed E-state index contributed by atoms with van der Waals surface area (Å²) in [5.74, 6) is 0.324. The summed E-state index contributed by atoms with van der Waals surface area (Å²) in [6, 6.07) is 0. The number of aryl methyl sites for hydroxylation is 1. The molecule has 0 aromatic carbocycles. The van der Waals surface area contributed by atoms with Gasteiger partial charge in [-0.25, -0.2) is 4.98 Å². The molecule has 1 aliphatic rings. The van der Waals surface area contributed by atoms with Gasteiger partial charge in [-0.3, -0.25) is 4.79 Å². The van der Waals surface area contributed by atoms with E-state index in [0.717, 1.165) is 17.8 Å². The van der Waals surface area contributed by atoms with Gasteiger partial charge in [-0.2, -0.15) is 0 Å². The second kappa shape index (κ2) is 4.28.